The van der Waals surface area contributed by atoms with Gasteiger partial charge in [-0.25, -0.2) is 0 Å². The monoisotopic (exact) mass is 358 g/mol. The lowest BCUT2D eigenvalue weighted by atomic mass is 9.83. The fraction of sp³-hybridized carbons (Fsp3) is 0.429. The quantitative estimate of drug-likeness (QED) is 0.674. The van der Waals surface area contributed by atoms with Gasteiger partial charge >= 0.3 is 0 Å². The summed E-state index contributed by atoms with van der Waals surface area (Å²) in [5.74, 6) is -0.548. The molecule has 0 saturated carbocycles. The van der Waals surface area contributed by atoms with Crippen molar-refractivity contribution >= 4 is 18.2 Å². The minimum atomic E-state index is -3.68. The van der Waals surface area contributed by atoms with Crippen LogP contribution < -0.4 is 0 Å². The number of carbonyl (C=O) groups is 2. The van der Waals surface area contributed by atoms with E-state index in [2.05, 4.69) is 0 Å². The molecule has 3 unspecified atom stereocenters. The Morgan fingerprint density at radius 3 is 2.00 bits per heavy atom. The first-order valence-electron chi connectivity index (χ1n) is 8.58. The van der Waals surface area contributed by atoms with Gasteiger partial charge in [0.1, 0.15) is 0 Å². The lowest BCUT2D eigenvalue weighted by Gasteiger charge is -2.28. The molecule has 0 aromatic heterocycles. The van der Waals surface area contributed by atoms with Gasteiger partial charge in [0.25, 0.3) is 0 Å². The van der Waals surface area contributed by atoms with Crippen LogP contribution in [0.15, 0.2) is 35.4 Å². The van der Waals surface area contributed by atoms with Gasteiger partial charge in [0.05, 0.1) is 5.92 Å². The molecule has 0 saturated heterocycles. The highest BCUT2D eigenvalue weighted by Crippen LogP contribution is 2.52. The zero-order chi connectivity index (χ0) is 19.1. The van der Waals surface area contributed by atoms with Gasteiger partial charge < -0.3 is 4.57 Å². The third-order valence-corrected chi connectivity index (χ3v) is 7.08. The largest absolute Gasteiger partial charge is 0.307 e. The standard InChI is InChI=1S/C21H27O3P/c1-12-8-14(3)18(15(4)9-12)20(22)25(7,24)21(23)19-16(5)10-13(2)11-17(19)6/h8-11,14,18H,1-7H3. The Labute approximate surface area is 150 Å². The lowest BCUT2D eigenvalue weighted by molar-refractivity contribution is -0.115. The molecule has 1 aliphatic rings. The van der Waals surface area contributed by atoms with Gasteiger partial charge in [-0.1, -0.05) is 47.9 Å². The molecular weight excluding hydrogens is 331 g/mol. The smallest absolute Gasteiger partial charge is 0.228 e. The van der Waals surface area contributed by atoms with Gasteiger partial charge in [0.15, 0.2) is 0 Å². The average molecular weight is 358 g/mol. The van der Waals surface area contributed by atoms with Crippen molar-refractivity contribution in [1.29, 1.82) is 0 Å². The van der Waals surface area contributed by atoms with Crippen molar-refractivity contribution in [1.82, 2.24) is 0 Å². The SMILES string of the molecule is CC1=CC(C)C(C(=O)P(C)(=O)C(=O)c2c(C)cc(C)cc2C)C(C)=C1. The van der Waals surface area contributed by atoms with Crippen LogP contribution in [0.2, 0.25) is 0 Å². The van der Waals surface area contributed by atoms with Crippen LogP contribution in [0, 0.1) is 32.6 Å². The van der Waals surface area contributed by atoms with Gasteiger partial charge in [-0.2, -0.15) is 0 Å². The Bertz CT molecular complexity index is 835. The van der Waals surface area contributed by atoms with E-state index in [1.165, 1.54) is 6.66 Å². The van der Waals surface area contributed by atoms with Crippen molar-refractivity contribution in [3.05, 3.63) is 57.7 Å². The summed E-state index contributed by atoms with van der Waals surface area (Å²) < 4.78 is 13.3. The molecule has 1 aromatic carbocycles. The molecule has 1 aliphatic carbocycles. The first-order valence-corrected chi connectivity index (χ1v) is 10.7. The molecule has 3 nitrogen and oxygen atoms in total. The maximum absolute atomic E-state index is 13.3. The molecule has 0 spiro atoms. The minimum absolute atomic E-state index is 0.0567. The van der Waals surface area contributed by atoms with E-state index in [-0.39, 0.29) is 5.92 Å². The van der Waals surface area contributed by atoms with Crippen molar-refractivity contribution in [2.24, 2.45) is 11.8 Å². The van der Waals surface area contributed by atoms with Crippen molar-refractivity contribution in [2.45, 2.75) is 41.5 Å². The predicted octanol–water partition coefficient (Wildman–Crippen LogP) is 5.43. The first kappa shape index (κ1) is 19.6. The number of allylic oxidation sites excluding steroid dienone is 4. The van der Waals surface area contributed by atoms with Crippen LogP contribution in [-0.4, -0.2) is 17.7 Å². The van der Waals surface area contributed by atoms with Crippen molar-refractivity contribution in [3.8, 4) is 0 Å². The summed E-state index contributed by atoms with van der Waals surface area (Å²) in [4.78, 5) is 26.2. The molecule has 0 fully saturated rings. The van der Waals surface area contributed by atoms with Gasteiger partial charge in [0.2, 0.25) is 18.2 Å². The normalized spacial score (nSPS) is 22.7. The summed E-state index contributed by atoms with van der Waals surface area (Å²) in [7, 11) is -3.68. The maximum Gasteiger partial charge on any atom is 0.228 e. The number of benzene rings is 1. The molecule has 25 heavy (non-hydrogen) atoms. The van der Waals surface area contributed by atoms with E-state index in [1.54, 1.807) is 0 Å². The summed E-state index contributed by atoms with van der Waals surface area (Å²) in [5, 5.41) is 0. The summed E-state index contributed by atoms with van der Waals surface area (Å²) >= 11 is 0. The molecule has 134 valence electrons. The van der Waals surface area contributed by atoms with Gasteiger partial charge in [-0.05, 0) is 51.7 Å². The van der Waals surface area contributed by atoms with Crippen LogP contribution in [0.4, 0.5) is 0 Å². The van der Waals surface area contributed by atoms with Gasteiger partial charge in [-0.15, -0.1) is 0 Å². The number of aryl methyl sites for hydroxylation is 3. The molecule has 1 aromatic rings. The second-order valence-electron chi connectivity index (χ2n) is 7.48. The summed E-state index contributed by atoms with van der Waals surface area (Å²) in [6.07, 6.45) is 3.94. The average Bonchev–Trinajstić information content (AvgIpc) is 2.44. The van der Waals surface area contributed by atoms with E-state index in [4.69, 9.17) is 0 Å². The van der Waals surface area contributed by atoms with Crippen molar-refractivity contribution in [3.63, 3.8) is 0 Å². The highest BCUT2D eigenvalue weighted by molar-refractivity contribution is 7.94. The highest BCUT2D eigenvalue weighted by atomic mass is 31.2. The first-order chi connectivity index (χ1) is 11.5. The molecule has 0 amide bonds. The Kier molecular flexibility index (Phi) is 5.39. The molecule has 2 rings (SSSR count). The van der Waals surface area contributed by atoms with Crippen LogP contribution in [-0.2, 0) is 9.36 Å². The zero-order valence-corrected chi connectivity index (χ0v) is 17.0. The van der Waals surface area contributed by atoms with E-state index in [0.29, 0.717) is 5.56 Å². The van der Waals surface area contributed by atoms with Gasteiger partial charge in [-0.3, -0.25) is 9.59 Å². The second-order valence-corrected chi connectivity index (χ2v) is 10.2. The molecule has 0 heterocycles. The van der Waals surface area contributed by atoms with Crippen molar-refractivity contribution < 1.29 is 14.2 Å². The van der Waals surface area contributed by atoms with Crippen LogP contribution >= 0.6 is 7.14 Å². The van der Waals surface area contributed by atoms with E-state index < -0.39 is 24.1 Å². The second kappa shape index (κ2) is 6.88. The number of hydrogen-bond donors (Lipinski definition) is 0. The Hall–Kier alpha value is -1.73. The molecule has 0 radical (unpaired) electrons. The fourth-order valence-electron chi connectivity index (χ4n) is 3.94. The highest BCUT2D eigenvalue weighted by Gasteiger charge is 2.43. The molecule has 3 atom stereocenters. The maximum atomic E-state index is 13.3. The molecular formula is C21H27O3P. The molecule has 0 bridgehead atoms. The Balaban J connectivity index is 2.45. The number of hydrogen-bond acceptors (Lipinski definition) is 3. The van der Waals surface area contributed by atoms with Crippen LogP contribution in [0.25, 0.3) is 0 Å². The number of carbonyl (C=O) groups excluding carboxylic acids is 2. The zero-order valence-electron chi connectivity index (χ0n) is 16.1. The molecule has 0 aliphatic heterocycles. The van der Waals surface area contributed by atoms with Crippen LogP contribution in [0.3, 0.4) is 0 Å². The lowest BCUT2D eigenvalue weighted by Crippen LogP contribution is -2.26. The van der Waals surface area contributed by atoms with Crippen LogP contribution in [0.1, 0.15) is 47.8 Å². The summed E-state index contributed by atoms with van der Waals surface area (Å²) in [6, 6.07) is 3.79. The van der Waals surface area contributed by atoms with E-state index in [0.717, 1.165) is 27.8 Å². The minimum Gasteiger partial charge on any atom is -0.307 e. The van der Waals surface area contributed by atoms with E-state index in [1.807, 2.05) is 65.8 Å². The number of rotatable bonds is 4. The topological polar surface area (TPSA) is 51.2 Å². The third-order valence-electron chi connectivity index (χ3n) is 4.96. The summed E-state index contributed by atoms with van der Waals surface area (Å²) in [5.41, 5.74) is 4.06. The fourth-order valence-corrected chi connectivity index (χ4v) is 5.89. The van der Waals surface area contributed by atoms with Gasteiger partial charge in [0, 0.05) is 12.2 Å². The Morgan fingerprint density at radius 2 is 1.52 bits per heavy atom. The van der Waals surface area contributed by atoms with Crippen LogP contribution in [0.5, 0.6) is 0 Å². The Morgan fingerprint density at radius 1 is 1.00 bits per heavy atom. The van der Waals surface area contributed by atoms with Crippen molar-refractivity contribution in [2.75, 3.05) is 6.66 Å². The third kappa shape index (κ3) is 3.62. The summed E-state index contributed by atoms with van der Waals surface area (Å²) in [6.45, 7) is 12.8. The molecule has 0 N–H and O–H groups in total. The van der Waals surface area contributed by atoms with E-state index >= 15 is 0 Å². The predicted molar refractivity (Wildman–Crippen MR) is 104 cm³/mol. The molecule has 4 heteroatoms. The van der Waals surface area contributed by atoms with E-state index in [9.17, 15) is 14.2 Å².